The second-order valence-corrected chi connectivity index (χ2v) is 6.21. The molecule has 1 N–H and O–H groups in total. The Kier molecular flexibility index (Phi) is 6.99. The fourth-order valence-corrected chi connectivity index (χ4v) is 2.97. The van der Waals surface area contributed by atoms with Crippen LogP contribution < -0.4 is 10.1 Å². The number of guanidine groups is 1. The molecule has 0 saturated carbocycles. The highest BCUT2D eigenvalue weighted by atomic mass is 32.1. The summed E-state index contributed by atoms with van der Waals surface area (Å²) in [6.07, 6.45) is 0.949. The summed E-state index contributed by atoms with van der Waals surface area (Å²) in [6, 6.07) is 10.8. The molecule has 0 unspecified atom stereocenters. The van der Waals surface area contributed by atoms with Gasteiger partial charge in [-0.15, -0.1) is 11.3 Å². The van der Waals surface area contributed by atoms with Gasteiger partial charge in [-0.2, -0.15) is 8.78 Å². The van der Waals surface area contributed by atoms with E-state index >= 15 is 0 Å². The van der Waals surface area contributed by atoms with Crippen LogP contribution in [-0.2, 0) is 13.0 Å². The molecule has 0 aliphatic rings. The first-order valence-corrected chi connectivity index (χ1v) is 8.44. The van der Waals surface area contributed by atoms with Crippen molar-refractivity contribution in [3.05, 3.63) is 52.2 Å². The van der Waals surface area contributed by atoms with Gasteiger partial charge in [0.05, 0.1) is 0 Å². The van der Waals surface area contributed by atoms with Crippen LogP contribution in [0.4, 0.5) is 8.78 Å². The molecule has 0 aliphatic heterocycles. The van der Waals surface area contributed by atoms with Crippen LogP contribution in [0.25, 0.3) is 0 Å². The number of hydrogen-bond acceptors (Lipinski definition) is 3. The van der Waals surface area contributed by atoms with Gasteiger partial charge in [-0.3, -0.25) is 4.99 Å². The molecular weight excluding hydrogens is 332 g/mol. The predicted molar refractivity (Wildman–Crippen MR) is 93.9 cm³/mol. The van der Waals surface area contributed by atoms with Gasteiger partial charge in [0, 0.05) is 32.1 Å². The van der Waals surface area contributed by atoms with E-state index in [0.29, 0.717) is 6.54 Å². The summed E-state index contributed by atoms with van der Waals surface area (Å²) in [6.45, 7) is -1.38. The Morgan fingerprint density at radius 3 is 2.62 bits per heavy atom. The molecule has 0 fully saturated rings. The second-order valence-electron chi connectivity index (χ2n) is 5.18. The van der Waals surface area contributed by atoms with Crippen LogP contribution in [0.3, 0.4) is 0 Å². The zero-order valence-corrected chi connectivity index (χ0v) is 14.5. The molecule has 1 heterocycles. The third kappa shape index (κ3) is 5.81. The Balaban J connectivity index is 1.83. The standard InChI is InChI=1S/C17H21F2N3OS/c1-20-17(21-10-9-15-4-3-11-24-15)22(2)12-13-5-7-14(8-6-13)23-16(18)19/h3-8,11,16H,9-10,12H2,1-2H3,(H,20,21). The van der Waals surface area contributed by atoms with Crippen molar-refractivity contribution in [2.45, 2.75) is 19.6 Å². The first-order valence-electron chi connectivity index (χ1n) is 7.56. The van der Waals surface area contributed by atoms with Crippen molar-refractivity contribution in [3.8, 4) is 5.75 Å². The van der Waals surface area contributed by atoms with Gasteiger partial charge in [0.1, 0.15) is 5.75 Å². The summed E-state index contributed by atoms with van der Waals surface area (Å²) in [5.74, 6) is 0.953. The topological polar surface area (TPSA) is 36.9 Å². The van der Waals surface area contributed by atoms with Crippen molar-refractivity contribution >= 4 is 17.3 Å². The van der Waals surface area contributed by atoms with E-state index in [-0.39, 0.29) is 5.75 Å². The Morgan fingerprint density at radius 2 is 2.04 bits per heavy atom. The summed E-state index contributed by atoms with van der Waals surface area (Å²) in [5, 5.41) is 5.39. The lowest BCUT2D eigenvalue weighted by molar-refractivity contribution is -0.0498. The highest BCUT2D eigenvalue weighted by Gasteiger charge is 2.08. The fraction of sp³-hybridized carbons (Fsp3) is 0.353. The summed E-state index contributed by atoms with van der Waals surface area (Å²) < 4.78 is 28.6. The van der Waals surface area contributed by atoms with E-state index in [2.05, 4.69) is 26.5 Å². The summed E-state index contributed by atoms with van der Waals surface area (Å²) in [7, 11) is 3.67. The lowest BCUT2D eigenvalue weighted by atomic mass is 10.2. The molecule has 0 bridgehead atoms. The van der Waals surface area contributed by atoms with E-state index in [1.54, 1.807) is 42.6 Å². The monoisotopic (exact) mass is 353 g/mol. The normalized spacial score (nSPS) is 11.6. The van der Waals surface area contributed by atoms with Gasteiger partial charge in [-0.1, -0.05) is 18.2 Å². The molecule has 0 radical (unpaired) electrons. The minimum absolute atomic E-state index is 0.162. The molecule has 0 aliphatic carbocycles. The SMILES string of the molecule is CN=C(NCCc1cccs1)N(C)Cc1ccc(OC(F)F)cc1. The zero-order valence-electron chi connectivity index (χ0n) is 13.7. The minimum atomic E-state index is -2.80. The van der Waals surface area contributed by atoms with E-state index in [1.807, 2.05) is 18.0 Å². The van der Waals surface area contributed by atoms with Gasteiger partial charge in [0.2, 0.25) is 0 Å². The molecule has 0 atom stereocenters. The van der Waals surface area contributed by atoms with Gasteiger partial charge >= 0.3 is 6.61 Å². The number of alkyl halides is 2. The molecule has 2 rings (SSSR count). The molecule has 1 aromatic heterocycles. The quantitative estimate of drug-likeness (QED) is 0.610. The predicted octanol–water partition coefficient (Wildman–Crippen LogP) is 3.60. The van der Waals surface area contributed by atoms with Crippen molar-refractivity contribution in [1.82, 2.24) is 10.2 Å². The van der Waals surface area contributed by atoms with Crippen LogP contribution in [0.15, 0.2) is 46.8 Å². The van der Waals surface area contributed by atoms with Crippen molar-refractivity contribution in [1.29, 1.82) is 0 Å². The van der Waals surface area contributed by atoms with Crippen LogP contribution in [0, 0.1) is 0 Å². The first kappa shape index (κ1) is 18.2. The van der Waals surface area contributed by atoms with E-state index in [0.717, 1.165) is 24.5 Å². The lowest BCUT2D eigenvalue weighted by Gasteiger charge is -2.22. The number of ether oxygens (including phenoxy) is 1. The maximum absolute atomic E-state index is 12.1. The average molecular weight is 353 g/mol. The Hall–Kier alpha value is -2.15. The number of halogens is 2. The van der Waals surface area contributed by atoms with Gasteiger partial charge in [0.25, 0.3) is 0 Å². The van der Waals surface area contributed by atoms with Gasteiger partial charge < -0.3 is 15.0 Å². The number of nitrogens with zero attached hydrogens (tertiary/aromatic N) is 2. The van der Waals surface area contributed by atoms with Crippen molar-refractivity contribution in [3.63, 3.8) is 0 Å². The van der Waals surface area contributed by atoms with Crippen LogP contribution in [0.5, 0.6) is 5.75 Å². The van der Waals surface area contributed by atoms with Crippen molar-refractivity contribution in [2.75, 3.05) is 20.6 Å². The molecule has 130 valence electrons. The zero-order chi connectivity index (χ0) is 17.4. The van der Waals surface area contributed by atoms with Gasteiger partial charge in [-0.05, 0) is 35.6 Å². The average Bonchev–Trinajstić information content (AvgIpc) is 3.06. The Labute approximate surface area is 144 Å². The number of hydrogen-bond donors (Lipinski definition) is 1. The Bertz CT molecular complexity index is 630. The van der Waals surface area contributed by atoms with Crippen LogP contribution >= 0.6 is 11.3 Å². The molecule has 2 aromatic rings. The van der Waals surface area contributed by atoms with E-state index in [1.165, 1.54) is 4.88 Å². The third-order valence-electron chi connectivity index (χ3n) is 3.38. The number of nitrogens with one attached hydrogen (secondary N) is 1. The number of thiophene rings is 1. The lowest BCUT2D eigenvalue weighted by Crippen LogP contribution is -2.39. The smallest absolute Gasteiger partial charge is 0.387 e. The molecule has 1 aromatic carbocycles. The van der Waals surface area contributed by atoms with Gasteiger partial charge in [0.15, 0.2) is 5.96 Å². The summed E-state index contributed by atoms with van der Waals surface area (Å²) in [5.41, 5.74) is 0.986. The molecule has 4 nitrogen and oxygen atoms in total. The molecule has 7 heteroatoms. The Morgan fingerprint density at radius 1 is 1.29 bits per heavy atom. The van der Waals surface area contributed by atoms with Crippen LogP contribution in [0.1, 0.15) is 10.4 Å². The number of benzene rings is 1. The van der Waals surface area contributed by atoms with Crippen LogP contribution in [-0.4, -0.2) is 38.1 Å². The van der Waals surface area contributed by atoms with Crippen molar-refractivity contribution in [2.24, 2.45) is 4.99 Å². The highest BCUT2D eigenvalue weighted by Crippen LogP contribution is 2.15. The summed E-state index contributed by atoms with van der Waals surface area (Å²) >= 11 is 1.74. The van der Waals surface area contributed by atoms with Gasteiger partial charge in [-0.25, -0.2) is 0 Å². The first-order chi connectivity index (χ1) is 11.6. The number of rotatable bonds is 7. The van der Waals surface area contributed by atoms with Crippen LogP contribution in [0.2, 0.25) is 0 Å². The van der Waals surface area contributed by atoms with E-state index in [9.17, 15) is 8.78 Å². The third-order valence-corrected chi connectivity index (χ3v) is 4.31. The maximum Gasteiger partial charge on any atom is 0.387 e. The summed E-state index contributed by atoms with van der Waals surface area (Å²) in [4.78, 5) is 7.58. The maximum atomic E-state index is 12.1. The fourth-order valence-electron chi connectivity index (χ4n) is 2.26. The van der Waals surface area contributed by atoms with E-state index in [4.69, 9.17) is 0 Å². The second kappa shape index (κ2) is 9.22. The molecule has 0 spiro atoms. The molecule has 0 saturated heterocycles. The molecule has 24 heavy (non-hydrogen) atoms. The van der Waals surface area contributed by atoms with E-state index < -0.39 is 6.61 Å². The molecular formula is C17H21F2N3OS. The largest absolute Gasteiger partial charge is 0.435 e. The minimum Gasteiger partial charge on any atom is -0.435 e. The number of aliphatic imine (C=N–C) groups is 1. The molecule has 0 amide bonds. The van der Waals surface area contributed by atoms with Crippen molar-refractivity contribution < 1.29 is 13.5 Å². The highest BCUT2D eigenvalue weighted by molar-refractivity contribution is 7.09.